The van der Waals surface area contributed by atoms with Gasteiger partial charge < -0.3 is 5.11 Å². The third kappa shape index (κ3) is 3.57. The van der Waals surface area contributed by atoms with Gasteiger partial charge in [-0.2, -0.15) is 0 Å². The molecule has 0 saturated heterocycles. The Morgan fingerprint density at radius 1 is 1.06 bits per heavy atom. The number of hydrogen-bond acceptors (Lipinski definition) is 1. The molecule has 0 bridgehead atoms. The second kappa shape index (κ2) is 6.20. The van der Waals surface area contributed by atoms with Crippen LogP contribution in [0.15, 0.2) is 30.3 Å². The highest BCUT2D eigenvalue weighted by atomic mass is 16.3. The van der Waals surface area contributed by atoms with Crippen LogP contribution in [0.5, 0.6) is 0 Å². The van der Waals surface area contributed by atoms with Crippen molar-refractivity contribution in [3.63, 3.8) is 0 Å². The van der Waals surface area contributed by atoms with Crippen LogP contribution in [0.2, 0.25) is 0 Å². The lowest BCUT2D eigenvalue weighted by atomic mass is 9.78. The predicted molar refractivity (Wildman–Crippen MR) is 71.8 cm³/mol. The van der Waals surface area contributed by atoms with Crippen molar-refractivity contribution < 1.29 is 5.11 Å². The van der Waals surface area contributed by atoms with Crippen molar-refractivity contribution in [2.45, 2.75) is 51.6 Å². The van der Waals surface area contributed by atoms with Crippen LogP contribution < -0.4 is 0 Å². The van der Waals surface area contributed by atoms with Crippen LogP contribution in [-0.2, 0) is 0 Å². The fourth-order valence-electron chi connectivity index (χ4n) is 3.00. The summed E-state index contributed by atoms with van der Waals surface area (Å²) in [5.41, 5.74) is 1.07. The van der Waals surface area contributed by atoms with Crippen LogP contribution in [0.3, 0.4) is 0 Å². The van der Waals surface area contributed by atoms with E-state index in [1.165, 1.54) is 32.1 Å². The lowest BCUT2D eigenvalue weighted by Gasteiger charge is -2.29. The monoisotopic (exact) mass is 232 g/mol. The summed E-state index contributed by atoms with van der Waals surface area (Å²) in [6.07, 6.45) is 7.35. The fraction of sp³-hybridized carbons (Fsp3) is 0.625. The standard InChI is InChI=1S/C16H24O/c1-2-13-8-10-14(11-9-13)12-16(17)15-6-4-3-5-7-15/h3-7,13-14,16-17H,2,8-12H2,1H3. The Bertz CT molecular complexity index is 312. The van der Waals surface area contributed by atoms with E-state index in [1.54, 1.807) is 0 Å². The summed E-state index contributed by atoms with van der Waals surface area (Å²) in [6.45, 7) is 2.30. The van der Waals surface area contributed by atoms with Crippen LogP contribution in [0.4, 0.5) is 0 Å². The molecule has 1 saturated carbocycles. The minimum atomic E-state index is -0.264. The largest absolute Gasteiger partial charge is 0.388 e. The third-order valence-corrected chi connectivity index (χ3v) is 4.28. The van der Waals surface area contributed by atoms with Crippen molar-refractivity contribution in [1.29, 1.82) is 0 Å². The van der Waals surface area contributed by atoms with Crippen LogP contribution in [0.1, 0.15) is 57.1 Å². The van der Waals surface area contributed by atoms with Crippen molar-refractivity contribution in [1.82, 2.24) is 0 Å². The quantitative estimate of drug-likeness (QED) is 0.819. The lowest BCUT2D eigenvalue weighted by Crippen LogP contribution is -2.16. The van der Waals surface area contributed by atoms with E-state index in [1.807, 2.05) is 30.3 Å². The number of aliphatic hydroxyl groups is 1. The molecule has 0 heterocycles. The molecule has 1 fully saturated rings. The topological polar surface area (TPSA) is 20.2 Å². The molecule has 2 rings (SSSR count). The van der Waals surface area contributed by atoms with E-state index in [9.17, 15) is 5.11 Å². The van der Waals surface area contributed by atoms with Gasteiger partial charge in [0.05, 0.1) is 6.10 Å². The third-order valence-electron chi connectivity index (χ3n) is 4.28. The molecule has 1 aromatic rings. The van der Waals surface area contributed by atoms with Gasteiger partial charge in [0.1, 0.15) is 0 Å². The zero-order chi connectivity index (χ0) is 12.1. The summed E-state index contributed by atoms with van der Waals surface area (Å²) in [6, 6.07) is 10.1. The maximum absolute atomic E-state index is 10.2. The Labute approximate surface area is 105 Å². The minimum absolute atomic E-state index is 0.264. The smallest absolute Gasteiger partial charge is 0.0792 e. The van der Waals surface area contributed by atoms with Gasteiger partial charge >= 0.3 is 0 Å². The molecule has 1 unspecified atom stereocenters. The molecule has 1 aromatic carbocycles. The molecule has 1 aliphatic carbocycles. The number of benzene rings is 1. The second-order valence-corrected chi connectivity index (χ2v) is 5.46. The highest BCUT2D eigenvalue weighted by Crippen LogP contribution is 2.35. The molecule has 0 amide bonds. The van der Waals surface area contributed by atoms with E-state index in [-0.39, 0.29) is 6.10 Å². The molecule has 0 radical (unpaired) electrons. The van der Waals surface area contributed by atoms with Gasteiger partial charge in [0.25, 0.3) is 0 Å². The fourth-order valence-corrected chi connectivity index (χ4v) is 3.00. The van der Waals surface area contributed by atoms with Crippen molar-refractivity contribution in [2.24, 2.45) is 11.8 Å². The second-order valence-electron chi connectivity index (χ2n) is 5.46. The maximum Gasteiger partial charge on any atom is 0.0792 e. The molecule has 0 spiro atoms. The minimum Gasteiger partial charge on any atom is -0.388 e. The molecule has 17 heavy (non-hydrogen) atoms. The highest BCUT2D eigenvalue weighted by molar-refractivity contribution is 5.17. The van der Waals surface area contributed by atoms with Gasteiger partial charge in [0, 0.05) is 0 Å². The van der Waals surface area contributed by atoms with Gasteiger partial charge in [0.2, 0.25) is 0 Å². The van der Waals surface area contributed by atoms with E-state index < -0.39 is 0 Å². The zero-order valence-corrected chi connectivity index (χ0v) is 10.8. The van der Waals surface area contributed by atoms with Crippen LogP contribution in [0.25, 0.3) is 0 Å². The van der Waals surface area contributed by atoms with Gasteiger partial charge in [-0.25, -0.2) is 0 Å². The van der Waals surface area contributed by atoms with E-state index in [0.717, 1.165) is 23.8 Å². The van der Waals surface area contributed by atoms with Crippen molar-refractivity contribution in [2.75, 3.05) is 0 Å². The first-order valence-electron chi connectivity index (χ1n) is 7.02. The lowest BCUT2D eigenvalue weighted by molar-refractivity contribution is 0.123. The summed E-state index contributed by atoms with van der Waals surface area (Å²) in [4.78, 5) is 0. The van der Waals surface area contributed by atoms with Gasteiger partial charge in [-0.1, -0.05) is 69.4 Å². The number of aliphatic hydroxyl groups excluding tert-OH is 1. The van der Waals surface area contributed by atoms with Gasteiger partial charge in [-0.15, -0.1) is 0 Å². The Balaban J connectivity index is 1.82. The molecule has 1 atom stereocenters. The summed E-state index contributed by atoms with van der Waals surface area (Å²) in [5.74, 6) is 1.67. The highest BCUT2D eigenvalue weighted by Gasteiger charge is 2.22. The van der Waals surface area contributed by atoms with Gasteiger partial charge in [-0.3, -0.25) is 0 Å². The zero-order valence-electron chi connectivity index (χ0n) is 10.8. The average molecular weight is 232 g/mol. The first-order valence-corrected chi connectivity index (χ1v) is 7.02. The first kappa shape index (κ1) is 12.6. The molecule has 0 aromatic heterocycles. The molecule has 0 aliphatic heterocycles. The van der Waals surface area contributed by atoms with E-state index in [4.69, 9.17) is 0 Å². The van der Waals surface area contributed by atoms with Crippen LogP contribution in [0, 0.1) is 11.8 Å². The van der Waals surface area contributed by atoms with Crippen molar-refractivity contribution in [3.8, 4) is 0 Å². The van der Waals surface area contributed by atoms with E-state index in [2.05, 4.69) is 6.92 Å². The first-order chi connectivity index (χ1) is 8.29. The molecule has 1 N–H and O–H groups in total. The Kier molecular flexibility index (Phi) is 4.61. The molecule has 1 aliphatic rings. The molecule has 1 nitrogen and oxygen atoms in total. The SMILES string of the molecule is CCC1CCC(CC(O)c2ccccc2)CC1. The van der Waals surface area contributed by atoms with Gasteiger partial charge in [-0.05, 0) is 23.8 Å². The number of rotatable bonds is 4. The normalized spacial score (nSPS) is 26.7. The Hall–Kier alpha value is -0.820. The molecular weight excluding hydrogens is 208 g/mol. The van der Waals surface area contributed by atoms with E-state index >= 15 is 0 Å². The summed E-state index contributed by atoms with van der Waals surface area (Å²) >= 11 is 0. The summed E-state index contributed by atoms with van der Waals surface area (Å²) in [5, 5.41) is 10.2. The Morgan fingerprint density at radius 2 is 1.65 bits per heavy atom. The number of hydrogen-bond donors (Lipinski definition) is 1. The van der Waals surface area contributed by atoms with Crippen LogP contribution >= 0.6 is 0 Å². The molecule has 1 heteroatoms. The van der Waals surface area contributed by atoms with Crippen LogP contribution in [-0.4, -0.2) is 5.11 Å². The molecular formula is C16H24O. The Morgan fingerprint density at radius 3 is 2.24 bits per heavy atom. The maximum atomic E-state index is 10.2. The summed E-state index contributed by atoms with van der Waals surface area (Å²) < 4.78 is 0. The molecule has 94 valence electrons. The van der Waals surface area contributed by atoms with Crippen molar-refractivity contribution in [3.05, 3.63) is 35.9 Å². The predicted octanol–water partition coefficient (Wildman–Crippen LogP) is 4.33. The van der Waals surface area contributed by atoms with Crippen molar-refractivity contribution >= 4 is 0 Å². The average Bonchev–Trinajstić information content (AvgIpc) is 2.40. The van der Waals surface area contributed by atoms with E-state index in [0.29, 0.717) is 0 Å². The van der Waals surface area contributed by atoms with Gasteiger partial charge in [0.15, 0.2) is 0 Å². The summed E-state index contributed by atoms with van der Waals surface area (Å²) in [7, 11) is 0.